The molecule has 0 fully saturated rings. The van der Waals surface area contributed by atoms with Crippen molar-refractivity contribution in [2.45, 2.75) is 80.2 Å². The fourth-order valence-corrected chi connectivity index (χ4v) is 3.84. The first-order valence-electron chi connectivity index (χ1n) is 15.3. The molecule has 46 heavy (non-hydrogen) atoms. The zero-order valence-corrected chi connectivity index (χ0v) is 28.8. The van der Waals surface area contributed by atoms with E-state index in [1.807, 2.05) is 66.0 Å². The van der Waals surface area contributed by atoms with Crippen molar-refractivity contribution in [3.63, 3.8) is 0 Å². The van der Waals surface area contributed by atoms with Gasteiger partial charge in [-0.2, -0.15) is 19.1 Å². The molecule has 250 valence electrons. The molecular formula is C36H51F2N7O. The highest BCUT2D eigenvalue weighted by molar-refractivity contribution is 6.02. The van der Waals surface area contributed by atoms with Gasteiger partial charge in [-0.05, 0) is 70.3 Å². The number of allylic oxidation sites excluding steroid dienone is 6. The molecule has 0 spiro atoms. The molecule has 8 nitrogen and oxygen atoms in total. The smallest absolute Gasteiger partial charge is 0.286 e. The van der Waals surface area contributed by atoms with Crippen molar-refractivity contribution < 1.29 is 13.6 Å². The zero-order chi connectivity index (χ0) is 35.4. The van der Waals surface area contributed by atoms with E-state index in [1.54, 1.807) is 16.8 Å². The van der Waals surface area contributed by atoms with Crippen molar-refractivity contribution in [2.24, 2.45) is 4.99 Å². The van der Waals surface area contributed by atoms with Gasteiger partial charge in [0.05, 0.1) is 45.7 Å². The van der Waals surface area contributed by atoms with E-state index in [-0.39, 0.29) is 5.91 Å². The Labute approximate surface area is 274 Å². The predicted molar refractivity (Wildman–Crippen MR) is 190 cm³/mol. The van der Waals surface area contributed by atoms with Gasteiger partial charge in [0.15, 0.2) is 0 Å². The van der Waals surface area contributed by atoms with Crippen LogP contribution < -0.4 is 16.0 Å². The summed E-state index contributed by atoms with van der Waals surface area (Å²) in [6, 6.07) is 7.47. The minimum absolute atomic E-state index is 0.222. The van der Waals surface area contributed by atoms with Crippen LogP contribution in [0.4, 0.5) is 14.5 Å². The number of aromatic nitrogens is 2. The summed E-state index contributed by atoms with van der Waals surface area (Å²) in [5.74, 6) is -3.14. The number of amides is 1. The topological polar surface area (TPSA) is 107 Å². The minimum atomic E-state index is -2.91. The first kappa shape index (κ1) is 41.4. The Balaban J connectivity index is 0.00000176. The van der Waals surface area contributed by atoms with Gasteiger partial charge >= 0.3 is 0 Å². The number of hydrogen-bond acceptors (Lipinski definition) is 6. The molecule has 0 aliphatic heterocycles. The lowest BCUT2D eigenvalue weighted by atomic mass is 10.0. The van der Waals surface area contributed by atoms with Crippen LogP contribution in [-0.2, 0) is 6.54 Å². The molecule has 1 amide bonds. The van der Waals surface area contributed by atoms with E-state index in [9.17, 15) is 18.8 Å². The van der Waals surface area contributed by atoms with E-state index in [0.29, 0.717) is 35.6 Å². The third-order valence-corrected chi connectivity index (χ3v) is 6.43. The number of anilines is 1. The molecule has 1 heterocycles. The van der Waals surface area contributed by atoms with Crippen LogP contribution in [0.25, 0.3) is 11.4 Å². The van der Waals surface area contributed by atoms with Gasteiger partial charge in [0, 0.05) is 20.0 Å². The van der Waals surface area contributed by atoms with Crippen LogP contribution in [-0.4, -0.2) is 41.9 Å². The standard InChI is InChI=1S/C29H38N6O.C5H7F2N.C2H6/c1-8-10-12-14-32-29(36)26-16-24(18-30)15-21(4)28(26)33-22(5)27-17-25(19-31-7)34-35(27)23(6)20(3)13-11-9-2;1-4(8-3)5(2,6)7;1-2/h9,11,13,15-17,31,33H,5-6,8,10,12,14,19H2,1-4,7H3,(H,32,36);1,3H2,2H3;1-2H3/b11-9-,20-13-;;. The normalized spacial score (nSPS) is 10.9. The number of benzene rings is 1. The highest BCUT2D eigenvalue weighted by atomic mass is 19.3. The Morgan fingerprint density at radius 1 is 1.20 bits per heavy atom. The summed E-state index contributed by atoms with van der Waals surface area (Å²) in [6.45, 7) is 28.2. The van der Waals surface area contributed by atoms with E-state index in [1.165, 1.54) is 0 Å². The Morgan fingerprint density at radius 2 is 1.85 bits per heavy atom. The Hall–Kier alpha value is -4.62. The van der Waals surface area contributed by atoms with Crippen molar-refractivity contribution in [1.29, 1.82) is 5.26 Å². The lowest BCUT2D eigenvalue weighted by molar-refractivity contribution is 0.0628. The maximum absolute atomic E-state index is 13.1. The van der Waals surface area contributed by atoms with E-state index >= 15 is 0 Å². The average molecular weight is 636 g/mol. The highest BCUT2D eigenvalue weighted by Crippen LogP contribution is 2.29. The van der Waals surface area contributed by atoms with Gasteiger partial charge in [-0.25, -0.2) is 4.68 Å². The first-order chi connectivity index (χ1) is 21.7. The SMILES string of the molecule is C=C(Nc1c(C)cc(C#N)cc1C(=O)NCCCCC)c1cc(CNC)nn1C(=C)/C(C)=C\C=C/C.C=NC(=C)C(C)(F)F.CC. The molecule has 2 rings (SSSR count). The molecule has 1 aromatic carbocycles. The third-order valence-electron chi connectivity index (χ3n) is 6.43. The molecule has 0 atom stereocenters. The zero-order valence-electron chi connectivity index (χ0n) is 28.8. The minimum Gasteiger partial charge on any atom is -0.353 e. The lowest BCUT2D eigenvalue weighted by Crippen LogP contribution is -2.26. The summed E-state index contributed by atoms with van der Waals surface area (Å²) in [4.78, 5) is 16.0. The van der Waals surface area contributed by atoms with Gasteiger partial charge in [-0.3, -0.25) is 9.79 Å². The van der Waals surface area contributed by atoms with Gasteiger partial charge in [0.2, 0.25) is 0 Å². The van der Waals surface area contributed by atoms with Crippen LogP contribution in [0.3, 0.4) is 0 Å². The van der Waals surface area contributed by atoms with Crippen LogP contribution >= 0.6 is 0 Å². The Kier molecular flexibility index (Phi) is 19.0. The number of nitrogens with zero attached hydrogens (tertiary/aromatic N) is 4. The molecule has 3 N–H and O–H groups in total. The van der Waals surface area contributed by atoms with Crippen LogP contribution in [0.15, 0.2) is 72.4 Å². The number of halogens is 2. The van der Waals surface area contributed by atoms with Gasteiger partial charge < -0.3 is 16.0 Å². The number of hydrogen-bond donors (Lipinski definition) is 3. The first-order valence-corrected chi connectivity index (χ1v) is 15.3. The molecule has 0 saturated carbocycles. The second-order valence-electron chi connectivity index (χ2n) is 10.2. The van der Waals surface area contributed by atoms with Crippen molar-refractivity contribution in [1.82, 2.24) is 20.4 Å². The maximum Gasteiger partial charge on any atom is 0.286 e. The van der Waals surface area contributed by atoms with Crippen LogP contribution in [0.1, 0.15) is 93.7 Å². The summed E-state index contributed by atoms with van der Waals surface area (Å²) < 4.78 is 25.5. The van der Waals surface area contributed by atoms with E-state index in [4.69, 9.17) is 5.10 Å². The number of carbonyl (C=O) groups excluding carboxylic acids is 1. The van der Waals surface area contributed by atoms with Crippen molar-refractivity contribution >= 4 is 29.7 Å². The number of carbonyl (C=O) groups is 1. The maximum atomic E-state index is 13.1. The van der Waals surface area contributed by atoms with Crippen LogP contribution in [0.5, 0.6) is 0 Å². The molecule has 0 radical (unpaired) electrons. The monoisotopic (exact) mass is 635 g/mol. The van der Waals surface area contributed by atoms with Crippen molar-refractivity contribution in [3.8, 4) is 6.07 Å². The van der Waals surface area contributed by atoms with Crippen LogP contribution in [0, 0.1) is 18.3 Å². The quantitative estimate of drug-likeness (QED) is 0.103. The third kappa shape index (κ3) is 13.2. The largest absolute Gasteiger partial charge is 0.353 e. The van der Waals surface area contributed by atoms with Crippen molar-refractivity contribution in [2.75, 3.05) is 18.9 Å². The molecule has 0 saturated heterocycles. The van der Waals surface area contributed by atoms with Gasteiger partial charge in [-0.15, -0.1) is 0 Å². The number of unbranched alkanes of at least 4 members (excludes halogenated alkanes) is 2. The molecule has 10 heteroatoms. The number of nitriles is 1. The van der Waals surface area contributed by atoms with E-state index in [0.717, 1.165) is 54.4 Å². The van der Waals surface area contributed by atoms with Crippen LogP contribution in [0.2, 0.25) is 0 Å². The number of nitrogens with one attached hydrogen (secondary N) is 3. The number of alkyl halides is 2. The number of rotatable bonds is 15. The molecule has 0 unspecified atom stereocenters. The summed E-state index contributed by atoms with van der Waals surface area (Å²) in [5.41, 5.74) is 5.56. The lowest BCUT2D eigenvalue weighted by Gasteiger charge is -2.18. The summed E-state index contributed by atoms with van der Waals surface area (Å²) >= 11 is 0. The molecular weight excluding hydrogens is 584 g/mol. The fourth-order valence-electron chi connectivity index (χ4n) is 3.84. The van der Waals surface area contributed by atoms with Crippen molar-refractivity contribution in [3.05, 3.63) is 95.5 Å². The van der Waals surface area contributed by atoms with Gasteiger partial charge in [0.1, 0.15) is 5.70 Å². The molecule has 0 bridgehead atoms. The summed E-state index contributed by atoms with van der Waals surface area (Å²) in [5, 5.41) is 23.6. The second-order valence-corrected chi connectivity index (χ2v) is 10.2. The van der Waals surface area contributed by atoms with Gasteiger partial charge in [-0.1, -0.05) is 71.6 Å². The van der Waals surface area contributed by atoms with E-state index in [2.05, 4.69) is 60.4 Å². The predicted octanol–water partition coefficient (Wildman–Crippen LogP) is 8.66. The van der Waals surface area contributed by atoms with E-state index < -0.39 is 11.6 Å². The van der Waals surface area contributed by atoms with Gasteiger partial charge in [0.25, 0.3) is 11.8 Å². The molecule has 2 aromatic rings. The molecule has 0 aliphatic carbocycles. The fraction of sp³-hybridized carbons (Fsp3) is 0.389. The number of aliphatic imine (C=N–C) groups is 1. The summed E-state index contributed by atoms with van der Waals surface area (Å²) in [6.07, 6.45) is 8.92. The Morgan fingerprint density at radius 3 is 2.35 bits per heavy atom. The second kappa shape index (κ2) is 21.2. The molecule has 0 aliphatic rings. The Bertz CT molecular complexity index is 1450. The highest BCUT2D eigenvalue weighted by Gasteiger charge is 2.24. The molecule has 1 aromatic heterocycles. The number of aryl methyl sites for hydroxylation is 1. The average Bonchev–Trinajstić information content (AvgIpc) is 3.46. The summed E-state index contributed by atoms with van der Waals surface area (Å²) in [7, 11) is 1.86.